The SMILES string of the molecule is O=c1oc2ccccc2c2c1C(c1ccc(N3CCOCC3)cc1)c1c(ncn3nc(-c4ccncc4)nc13)O2. The lowest BCUT2D eigenvalue weighted by Gasteiger charge is -2.30. The zero-order valence-corrected chi connectivity index (χ0v) is 21.2. The van der Waals surface area contributed by atoms with Crippen LogP contribution >= 0.6 is 0 Å². The monoisotopic (exact) mass is 530 g/mol. The first-order valence-corrected chi connectivity index (χ1v) is 13.1. The lowest BCUT2D eigenvalue weighted by Crippen LogP contribution is -2.36. The second-order valence-corrected chi connectivity index (χ2v) is 9.76. The van der Waals surface area contributed by atoms with Crippen LogP contribution in [0.3, 0.4) is 0 Å². The maximum absolute atomic E-state index is 13.6. The predicted molar refractivity (Wildman–Crippen MR) is 147 cm³/mol. The van der Waals surface area contributed by atoms with E-state index < -0.39 is 11.5 Å². The molecule has 6 aromatic rings. The summed E-state index contributed by atoms with van der Waals surface area (Å²) >= 11 is 0. The van der Waals surface area contributed by atoms with Crippen LogP contribution in [0.4, 0.5) is 5.69 Å². The number of hydrogen-bond acceptors (Lipinski definition) is 9. The average Bonchev–Trinajstić information content (AvgIpc) is 3.46. The van der Waals surface area contributed by atoms with Crippen molar-refractivity contribution in [1.29, 1.82) is 0 Å². The fraction of sp³-hybridized carbons (Fsp3) is 0.167. The predicted octanol–water partition coefficient (Wildman–Crippen LogP) is 4.42. The largest absolute Gasteiger partial charge is 0.437 e. The van der Waals surface area contributed by atoms with E-state index in [-0.39, 0.29) is 0 Å². The molecule has 6 heterocycles. The lowest BCUT2D eigenvalue weighted by molar-refractivity contribution is 0.122. The molecule has 196 valence electrons. The molecule has 0 N–H and O–H groups in total. The summed E-state index contributed by atoms with van der Waals surface area (Å²) in [6.45, 7) is 3.07. The number of benzene rings is 2. The number of pyridine rings is 1. The Balaban J connectivity index is 1.36. The number of fused-ring (bicyclic) bond motifs is 6. The standard InChI is InChI=1S/C30H22N6O4/c37-30-24-23(18-5-7-20(8-6-18)35-13-15-38-16-14-35)25-28-33-27(19-9-11-31-12-10-19)34-36(28)17-32-29(25)40-26(24)21-3-1-2-4-22(21)39-30/h1-12,17,23H,13-16H2. The molecule has 1 saturated heterocycles. The normalized spacial score (nSPS) is 16.5. The molecule has 10 heteroatoms. The van der Waals surface area contributed by atoms with Crippen molar-refractivity contribution in [3.8, 4) is 23.0 Å². The first-order chi connectivity index (χ1) is 19.7. The molecule has 1 atom stereocenters. The van der Waals surface area contributed by atoms with E-state index in [0.29, 0.717) is 58.4 Å². The summed E-state index contributed by atoms with van der Waals surface area (Å²) in [5, 5.41) is 5.37. The summed E-state index contributed by atoms with van der Waals surface area (Å²) in [6.07, 6.45) is 4.98. The zero-order valence-electron chi connectivity index (χ0n) is 21.2. The van der Waals surface area contributed by atoms with Gasteiger partial charge in [0.25, 0.3) is 0 Å². The number of para-hydroxylation sites is 1. The molecule has 1 unspecified atom stereocenters. The van der Waals surface area contributed by atoms with Gasteiger partial charge in [0.2, 0.25) is 5.88 Å². The summed E-state index contributed by atoms with van der Waals surface area (Å²) < 4.78 is 19.3. The second-order valence-electron chi connectivity index (χ2n) is 9.76. The van der Waals surface area contributed by atoms with Crippen LogP contribution in [0.1, 0.15) is 22.6 Å². The van der Waals surface area contributed by atoms with E-state index >= 15 is 0 Å². The highest BCUT2D eigenvalue weighted by atomic mass is 16.5. The van der Waals surface area contributed by atoms with Crippen LogP contribution in [0.2, 0.25) is 0 Å². The molecule has 0 spiro atoms. The summed E-state index contributed by atoms with van der Waals surface area (Å²) in [5.41, 5.74) is 4.44. The minimum atomic E-state index is -0.538. The van der Waals surface area contributed by atoms with Gasteiger partial charge in [0.05, 0.1) is 35.6 Å². The quantitative estimate of drug-likeness (QED) is 0.307. The van der Waals surface area contributed by atoms with Gasteiger partial charge in [-0.15, -0.1) is 5.10 Å². The highest BCUT2D eigenvalue weighted by Gasteiger charge is 2.37. The van der Waals surface area contributed by atoms with Gasteiger partial charge in [-0.25, -0.2) is 19.3 Å². The molecule has 0 radical (unpaired) electrons. The van der Waals surface area contributed by atoms with E-state index in [1.165, 1.54) is 0 Å². The molecule has 2 aliphatic heterocycles. The Hall–Kier alpha value is -5.09. The number of nitrogens with zero attached hydrogens (tertiary/aromatic N) is 6. The Morgan fingerprint density at radius 3 is 2.52 bits per heavy atom. The molecule has 40 heavy (non-hydrogen) atoms. The fourth-order valence-corrected chi connectivity index (χ4v) is 5.59. The Morgan fingerprint density at radius 1 is 0.900 bits per heavy atom. The van der Waals surface area contributed by atoms with Crippen molar-refractivity contribution in [2.45, 2.75) is 5.92 Å². The van der Waals surface area contributed by atoms with E-state index in [1.807, 2.05) is 42.5 Å². The van der Waals surface area contributed by atoms with Crippen molar-refractivity contribution in [2.24, 2.45) is 0 Å². The van der Waals surface area contributed by atoms with Gasteiger partial charge in [0.15, 0.2) is 17.2 Å². The molecular formula is C30H22N6O4. The van der Waals surface area contributed by atoms with Crippen LogP contribution < -0.4 is 15.3 Å². The highest BCUT2D eigenvalue weighted by molar-refractivity contribution is 5.87. The number of ether oxygens (including phenoxy) is 2. The molecule has 0 bridgehead atoms. The molecule has 8 rings (SSSR count). The molecule has 4 aromatic heterocycles. The number of anilines is 1. The molecule has 0 amide bonds. The van der Waals surface area contributed by atoms with E-state index in [2.05, 4.69) is 32.1 Å². The Kier molecular flexibility index (Phi) is 5.14. The van der Waals surface area contributed by atoms with Gasteiger partial charge < -0.3 is 18.8 Å². The summed E-state index contributed by atoms with van der Waals surface area (Å²) in [7, 11) is 0. The molecule has 0 saturated carbocycles. The van der Waals surface area contributed by atoms with Gasteiger partial charge in [0, 0.05) is 36.7 Å². The minimum Gasteiger partial charge on any atom is -0.437 e. The second kappa shape index (κ2) is 8.99. The van der Waals surface area contributed by atoms with E-state index in [4.69, 9.17) is 18.9 Å². The Labute approximate surface area is 227 Å². The summed E-state index contributed by atoms with van der Waals surface area (Å²) in [6, 6.07) is 19.3. The molecule has 1 fully saturated rings. The number of rotatable bonds is 3. The maximum Gasteiger partial charge on any atom is 0.344 e. The number of morpholine rings is 1. The third kappa shape index (κ3) is 3.57. The van der Waals surface area contributed by atoms with E-state index in [0.717, 1.165) is 29.9 Å². The molecule has 0 aliphatic carbocycles. The molecule has 10 nitrogen and oxygen atoms in total. The highest BCUT2D eigenvalue weighted by Crippen LogP contribution is 2.49. The lowest BCUT2D eigenvalue weighted by atomic mass is 9.84. The first-order valence-electron chi connectivity index (χ1n) is 13.1. The van der Waals surface area contributed by atoms with Crippen LogP contribution in [-0.4, -0.2) is 50.9 Å². The van der Waals surface area contributed by atoms with Gasteiger partial charge in [-0.05, 0) is 42.0 Å². The Morgan fingerprint density at radius 2 is 1.70 bits per heavy atom. The van der Waals surface area contributed by atoms with Crippen LogP contribution in [0, 0.1) is 0 Å². The Bertz CT molecular complexity index is 1950. The minimum absolute atomic E-state index is 0.381. The van der Waals surface area contributed by atoms with Gasteiger partial charge >= 0.3 is 5.63 Å². The van der Waals surface area contributed by atoms with Crippen LogP contribution in [-0.2, 0) is 4.74 Å². The smallest absolute Gasteiger partial charge is 0.344 e. The van der Waals surface area contributed by atoms with Crippen molar-refractivity contribution in [2.75, 3.05) is 31.2 Å². The third-order valence-electron chi connectivity index (χ3n) is 7.50. The molecule has 2 aliphatic rings. The van der Waals surface area contributed by atoms with Crippen molar-refractivity contribution in [3.63, 3.8) is 0 Å². The summed E-state index contributed by atoms with van der Waals surface area (Å²) in [5.74, 6) is 0.818. The van der Waals surface area contributed by atoms with Crippen molar-refractivity contribution >= 4 is 22.3 Å². The molecule has 2 aromatic carbocycles. The van der Waals surface area contributed by atoms with E-state index in [1.54, 1.807) is 29.3 Å². The topological polar surface area (TPSA) is 108 Å². The van der Waals surface area contributed by atoms with Crippen LogP contribution in [0.15, 0.2) is 88.6 Å². The van der Waals surface area contributed by atoms with Gasteiger partial charge in [0.1, 0.15) is 11.9 Å². The number of hydrogen-bond donors (Lipinski definition) is 0. The molecular weight excluding hydrogens is 508 g/mol. The van der Waals surface area contributed by atoms with E-state index in [9.17, 15) is 4.79 Å². The van der Waals surface area contributed by atoms with Crippen molar-refractivity contribution in [3.05, 3.63) is 106 Å². The van der Waals surface area contributed by atoms with Gasteiger partial charge in [-0.1, -0.05) is 24.3 Å². The van der Waals surface area contributed by atoms with Crippen molar-refractivity contribution in [1.82, 2.24) is 24.6 Å². The van der Waals surface area contributed by atoms with Gasteiger partial charge in [-0.3, -0.25) is 4.98 Å². The zero-order chi connectivity index (χ0) is 26.6. The van der Waals surface area contributed by atoms with Crippen LogP contribution in [0.25, 0.3) is 28.0 Å². The fourth-order valence-electron chi connectivity index (χ4n) is 5.59. The number of aromatic nitrogens is 5. The third-order valence-corrected chi connectivity index (χ3v) is 7.50. The van der Waals surface area contributed by atoms with Gasteiger partial charge in [-0.2, -0.15) is 0 Å². The van der Waals surface area contributed by atoms with Crippen molar-refractivity contribution < 1.29 is 13.9 Å². The first kappa shape index (κ1) is 22.9. The summed E-state index contributed by atoms with van der Waals surface area (Å²) in [4.78, 5) is 29.5. The maximum atomic E-state index is 13.6. The average molecular weight is 531 g/mol. The van der Waals surface area contributed by atoms with Crippen LogP contribution in [0.5, 0.6) is 11.6 Å².